The fourth-order valence-corrected chi connectivity index (χ4v) is 3.14. The van der Waals surface area contributed by atoms with E-state index in [-0.39, 0.29) is 0 Å². The van der Waals surface area contributed by atoms with Gasteiger partial charge in [-0.25, -0.2) is 9.97 Å². The van der Waals surface area contributed by atoms with E-state index in [0.29, 0.717) is 11.1 Å². The highest BCUT2D eigenvalue weighted by Crippen LogP contribution is 2.25. The number of hydrogen-bond acceptors (Lipinski definition) is 2. The minimum absolute atomic E-state index is 0.345. The van der Waals surface area contributed by atoms with Crippen LogP contribution in [0.5, 0.6) is 0 Å². The highest BCUT2D eigenvalue weighted by atomic mass is 35.5. The highest BCUT2D eigenvalue weighted by Gasteiger charge is 2.13. The van der Waals surface area contributed by atoms with Gasteiger partial charge >= 0.3 is 0 Å². The predicted octanol–water partition coefficient (Wildman–Crippen LogP) is 4.77. The summed E-state index contributed by atoms with van der Waals surface area (Å²) in [4.78, 5) is 9.08. The van der Waals surface area contributed by atoms with Crippen LogP contribution in [0.1, 0.15) is 53.5 Å². The van der Waals surface area contributed by atoms with Crippen molar-refractivity contribution in [3.8, 4) is 0 Å². The molecule has 0 radical (unpaired) electrons. The summed E-state index contributed by atoms with van der Waals surface area (Å²) >= 11 is 6.31. The number of aryl methyl sites for hydroxylation is 3. The first-order chi connectivity index (χ1) is 9.36. The van der Waals surface area contributed by atoms with Crippen LogP contribution in [0.2, 0.25) is 5.15 Å². The molecule has 2 rings (SSSR count). The van der Waals surface area contributed by atoms with Crippen molar-refractivity contribution >= 4 is 11.6 Å². The molecule has 1 heterocycles. The van der Waals surface area contributed by atoms with Gasteiger partial charge in [0.1, 0.15) is 11.0 Å². The van der Waals surface area contributed by atoms with Crippen molar-refractivity contribution in [3.05, 3.63) is 57.1 Å². The van der Waals surface area contributed by atoms with Gasteiger partial charge in [0.25, 0.3) is 0 Å². The van der Waals surface area contributed by atoms with E-state index in [9.17, 15) is 0 Å². The van der Waals surface area contributed by atoms with Crippen LogP contribution in [-0.2, 0) is 6.42 Å². The second-order valence-electron chi connectivity index (χ2n) is 5.76. The van der Waals surface area contributed by atoms with E-state index in [1.807, 2.05) is 6.92 Å². The first kappa shape index (κ1) is 15.0. The Bertz CT molecular complexity index is 590. The van der Waals surface area contributed by atoms with Crippen LogP contribution in [-0.4, -0.2) is 9.97 Å². The quantitative estimate of drug-likeness (QED) is 0.760. The molecule has 0 spiro atoms. The molecule has 0 amide bonds. The van der Waals surface area contributed by atoms with Crippen molar-refractivity contribution in [1.29, 1.82) is 0 Å². The molecule has 3 heteroatoms. The third-order valence-corrected chi connectivity index (χ3v) is 3.65. The molecule has 106 valence electrons. The van der Waals surface area contributed by atoms with Crippen LogP contribution in [0.15, 0.2) is 18.2 Å². The maximum Gasteiger partial charge on any atom is 0.136 e. The monoisotopic (exact) mass is 288 g/mol. The van der Waals surface area contributed by atoms with Crippen LogP contribution in [0, 0.1) is 20.8 Å². The fourth-order valence-electron chi connectivity index (χ4n) is 2.69. The van der Waals surface area contributed by atoms with Gasteiger partial charge in [-0.3, -0.25) is 0 Å². The number of hydrogen-bond donors (Lipinski definition) is 0. The Morgan fingerprint density at radius 3 is 2.10 bits per heavy atom. The van der Waals surface area contributed by atoms with Gasteiger partial charge in [0, 0.05) is 17.7 Å². The lowest BCUT2D eigenvalue weighted by Gasteiger charge is -2.12. The summed E-state index contributed by atoms with van der Waals surface area (Å²) in [6, 6.07) is 6.52. The van der Waals surface area contributed by atoms with Gasteiger partial charge in [-0.2, -0.15) is 0 Å². The van der Waals surface area contributed by atoms with Gasteiger partial charge in [0.15, 0.2) is 0 Å². The van der Waals surface area contributed by atoms with E-state index < -0.39 is 0 Å². The van der Waals surface area contributed by atoms with Crippen molar-refractivity contribution in [2.24, 2.45) is 0 Å². The summed E-state index contributed by atoms with van der Waals surface area (Å²) in [5, 5.41) is 0.590. The number of benzene rings is 1. The van der Waals surface area contributed by atoms with Gasteiger partial charge in [0.05, 0.1) is 0 Å². The second-order valence-corrected chi connectivity index (χ2v) is 6.12. The molecule has 0 saturated carbocycles. The van der Waals surface area contributed by atoms with Crippen molar-refractivity contribution in [1.82, 2.24) is 9.97 Å². The lowest BCUT2D eigenvalue weighted by atomic mass is 10.0. The van der Waals surface area contributed by atoms with E-state index in [1.165, 1.54) is 16.7 Å². The summed E-state index contributed by atoms with van der Waals surface area (Å²) < 4.78 is 0. The Labute approximate surface area is 126 Å². The van der Waals surface area contributed by atoms with E-state index >= 15 is 0 Å². The average molecular weight is 289 g/mol. The minimum atomic E-state index is 0.345. The molecule has 0 atom stereocenters. The molecule has 0 N–H and O–H groups in total. The first-order valence-corrected chi connectivity index (χ1v) is 7.34. The molecule has 20 heavy (non-hydrogen) atoms. The van der Waals surface area contributed by atoms with E-state index in [4.69, 9.17) is 11.6 Å². The van der Waals surface area contributed by atoms with Crippen LogP contribution >= 0.6 is 11.6 Å². The van der Waals surface area contributed by atoms with E-state index in [2.05, 4.69) is 55.9 Å². The molecule has 0 bridgehead atoms. The summed E-state index contributed by atoms with van der Waals surface area (Å²) in [6.07, 6.45) is 0.724. The molecular weight excluding hydrogens is 268 g/mol. The summed E-state index contributed by atoms with van der Waals surface area (Å²) in [5.74, 6) is 1.14. The lowest BCUT2D eigenvalue weighted by Crippen LogP contribution is -2.05. The molecule has 0 aliphatic heterocycles. The average Bonchev–Trinajstić information content (AvgIpc) is 2.25. The van der Waals surface area contributed by atoms with E-state index in [1.54, 1.807) is 0 Å². The van der Waals surface area contributed by atoms with Gasteiger partial charge in [-0.1, -0.05) is 54.8 Å². The second kappa shape index (κ2) is 5.92. The fraction of sp³-hybridized carbons (Fsp3) is 0.412. The Kier molecular flexibility index (Phi) is 4.44. The highest BCUT2D eigenvalue weighted by molar-refractivity contribution is 6.30. The molecule has 1 aromatic heterocycles. The Balaban J connectivity index is 2.35. The van der Waals surface area contributed by atoms with Crippen molar-refractivity contribution < 1.29 is 0 Å². The summed E-state index contributed by atoms with van der Waals surface area (Å²) in [5.41, 5.74) is 5.80. The van der Waals surface area contributed by atoms with E-state index in [0.717, 1.165) is 23.5 Å². The van der Waals surface area contributed by atoms with Gasteiger partial charge in [0.2, 0.25) is 0 Å². The number of halogens is 1. The maximum absolute atomic E-state index is 6.31. The van der Waals surface area contributed by atoms with Crippen molar-refractivity contribution in [2.75, 3.05) is 0 Å². The standard InChI is InChI=1S/C17H21ClN2/c1-10(2)16-13(5)19-15(20-17(16)18)9-14-7-11(3)6-12(4)8-14/h6-8,10H,9H2,1-5H3. The lowest BCUT2D eigenvalue weighted by molar-refractivity contribution is 0.810. The first-order valence-electron chi connectivity index (χ1n) is 6.97. The molecule has 0 unspecified atom stereocenters. The maximum atomic E-state index is 6.31. The SMILES string of the molecule is Cc1cc(C)cc(Cc2nc(C)c(C(C)C)c(Cl)n2)c1. The summed E-state index contributed by atoms with van der Waals surface area (Å²) in [6.45, 7) is 10.4. The van der Waals surface area contributed by atoms with Crippen LogP contribution in [0.3, 0.4) is 0 Å². The van der Waals surface area contributed by atoms with Gasteiger partial charge in [-0.15, -0.1) is 0 Å². The zero-order valence-corrected chi connectivity index (χ0v) is 13.5. The van der Waals surface area contributed by atoms with Crippen LogP contribution in [0.25, 0.3) is 0 Å². The zero-order chi connectivity index (χ0) is 14.9. The Hall–Kier alpha value is -1.41. The predicted molar refractivity (Wildman–Crippen MR) is 84.6 cm³/mol. The third kappa shape index (κ3) is 3.37. The van der Waals surface area contributed by atoms with Gasteiger partial charge in [-0.05, 0) is 32.3 Å². The molecule has 0 aliphatic rings. The number of nitrogens with zero attached hydrogens (tertiary/aromatic N) is 2. The van der Waals surface area contributed by atoms with Crippen molar-refractivity contribution in [3.63, 3.8) is 0 Å². The van der Waals surface area contributed by atoms with Crippen LogP contribution in [0.4, 0.5) is 0 Å². The normalized spacial score (nSPS) is 11.2. The number of rotatable bonds is 3. The molecule has 0 saturated heterocycles. The zero-order valence-electron chi connectivity index (χ0n) is 12.8. The van der Waals surface area contributed by atoms with Crippen LogP contribution < -0.4 is 0 Å². The largest absolute Gasteiger partial charge is 0.237 e. The minimum Gasteiger partial charge on any atom is -0.237 e. The Morgan fingerprint density at radius 2 is 1.60 bits per heavy atom. The smallest absolute Gasteiger partial charge is 0.136 e. The van der Waals surface area contributed by atoms with Crippen molar-refractivity contribution in [2.45, 2.75) is 47.0 Å². The van der Waals surface area contributed by atoms with Gasteiger partial charge < -0.3 is 0 Å². The molecule has 0 fully saturated rings. The third-order valence-electron chi connectivity index (χ3n) is 3.36. The Morgan fingerprint density at radius 1 is 1.00 bits per heavy atom. The number of aromatic nitrogens is 2. The molecule has 2 nitrogen and oxygen atoms in total. The topological polar surface area (TPSA) is 25.8 Å². The summed E-state index contributed by atoms with van der Waals surface area (Å²) in [7, 11) is 0. The molecule has 2 aromatic rings. The molecular formula is C17H21ClN2. The molecule has 0 aliphatic carbocycles. The molecule has 1 aromatic carbocycles.